The molecule has 2 rings (SSSR count). The fraction of sp³-hybridized carbons (Fsp3) is 0.400. The van der Waals surface area contributed by atoms with Gasteiger partial charge in [-0.3, -0.25) is 0 Å². The summed E-state index contributed by atoms with van der Waals surface area (Å²) in [5.74, 6) is -0.336. The number of benzene rings is 1. The van der Waals surface area contributed by atoms with Crippen molar-refractivity contribution in [1.29, 1.82) is 0 Å². The summed E-state index contributed by atoms with van der Waals surface area (Å²) >= 11 is 0. The molecule has 1 aromatic carbocycles. The molecule has 2 N–H and O–H groups in total. The lowest BCUT2D eigenvalue weighted by Gasteiger charge is -2.19. The van der Waals surface area contributed by atoms with Crippen molar-refractivity contribution in [2.75, 3.05) is 5.32 Å². The Kier molecular flexibility index (Phi) is 4.17. The van der Waals surface area contributed by atoms with E-state index in [1.54, 1.807) is 0 Å². The summed E-state index contributed by atoms with van der Waals surface area (Å²) in [5, 5.41) is 13.2. The van der Waals surface area contributed by atoms with Gasteiger partial charge < -0.3 is 10.4 Å². The van der Waals surface area contributed by atoms with Gasteiger partial charge in [-0.2, -0.15) is 0 Å². The topological polar surface area (TPSA) is 75.1 Å². The molecule has 2 aromatic rings. The maximum absolute atomic E-state index is 11.3. The Morgan fingerprint density at radius 3 is 2.70 bits per heavy atom. The van der Waals surface area contributed by atoms with Crippen molar-refractivity contribution in [2.45, 2.75) is 33.2 Å². The smallest absolute Gasteiger partial charge is 0.326 e. The first-order valence-electron chi connectivity index (χ1n) is 6.76. The summed E-state index contributed by atoms with van der Waals surface area (Å²) in [6.45, 7) is 5.81. The normalized spacial score (nSPS) is 12.6. The van der Waals surface area contributed by atoms with Crippen LogP contribution in [0, 0.1) is 5.92 Å². The van der Waals surface area contributed by atoms with Crippen molar-refractivity contribution in [3.63, 3.8) is 0 Å². The number of aromatic nitrogens is 2. The van der Waals surface area contributed by atoms with Gasteiger partial charge in [0.1, 0.15) is 18.2 Å². The number of aliphatic carboxylic acids is 1. The third kappa shape index (κ3) is 2.87. The SMILES string of the molecule is CCc1ccc2ncnc(NC(C(=O)O)C(C)C)c2c1. The van der Waals surface area contributed by atoms with Gasteiger partial charge in [-0.1, -0.05) is 26.8 Å². The molecule has 0 saturated heterocycles. The second-order valence-corrected chi connectivity index (χ2v) is 5.13. The van der Waals surface area contributed by atoms with E-state index < -0.39 is 12.0 Å². The number of aryl methyl sites for hydroxylation is 1. The number of hydrogen-bond acceptors (Lipinski definition) is 4. The summed E-state index contributed by atoms with van der Waals surface area (Å²) in [4.78, 5) is 19.7. The van der Waals surface area contributed by atoms with Crippen molar-refractivity contribution in [1.82, 2.24) is 9.97 Å². The predicted molar refractivity (Wildman–Crippen MR) is 78.8 cm³/mol. The molecule has 5 heteroatoms. The van der Waals surface area contributed by atoms with Crippen LogP contribution < -0.4 is 5.32 Å². The third-order valence-electron chi connectivity index (χ3n) is 3.33. The molecule has 0 bridgehead atoms. The Balaban J connectivity index is 2.45. The number of carboxylic acids is 1. The van der Waals surface area contributed by atoms with E-state index in [1.807, 2.05) is 32.0 Å². The third-order valence-corrected chi connectivity index (χ3v) is 3.33. The number of rotatable bonds is 5. The average molecular weight is 273 g/mol. The van der Waals surface area contributed by atoms with Gasteiger partial charge in [-0.25, -0.2) is 14.8 Å². The standard InChI is InChI=1S/C15H19N3O2/c1-4-10-5-6-12-11(7-10)14(17-8-16-12)18-13(9(2)3)15(19)20/h5-9,13H,4H2,1-3H3,(H,19,20)(H,16,17,18). The monoisotopic (exact) mass is 273 g/mol. The first kappa shape index (κ1) is 14.2. The number of carbonyl (C=O) groups is 1. The van der Waals surface area contributed by atoms with Crippen LogP contribution in [0.3, 0.4) is 0 Å². The molecule has 0 saturated carbocycles. The van der Waals surface area contributed by atoms with Crippen LogP contribution in [0.15, 0.2) is 24.5 Å². The van der Waals surface area contributed by atoms with E-state index in [-0.39, 0.29) is 5.92 Å². The van der Waals surface area contributed by atoms with Crippen LogP contribution in [-0.4, -0.2) is 27.1 Å². The maximum atomic E-state index is 11.3. The Morgan fingerprint density at radius 1 is 1.35 bits per heavy atom. The molecule has 0 fully saturated rings. The summed E-state index contributed by atoms with van der Waals surface area (Å²) in [5.41, 5.74) is 1.99. The van der Waals surface area contributed by atoms with Crippen LogP contribution >= 0.6 is 0 Å². The van der Waals surface area contributed by atoms with Crippen LogP contribution in [0.5, 0.6) is 0 Å². The van der Waals surface area contributed by atoms with E-state index in [1.165, 1.54) is 11.9 Å². The van der Waals surface area contributed by atoms with Gasteiger partial charge in [-0.15, -0.1) is 0 Å². The minimum Gasteiger partial charge on any atom is -0.480 e. The maximum Gasteiger partial charge on any atom is 0.326 e. The number of carboxylic acid groups (broad SMARTS) is 1. The highest BCUT2D eigenvalue weighted by atomic mass is 16.4. The second kappa shape index (κ2) is 5.86. The highest BCUT2D eigenvalue weighted by Gasteiger charge is 2.22. The second-order valence-electron chi connectivity index (χ2n) is 5.13. The van der Waals surface area contributed by atoms with E-state index in [4.69, 9.17) is 0 Å². The first-order valence-corrected chi connectivity index (χ1v) is 6.76. The number of anilines is 1. The number of hydrogen-bond donors (Lipinski definition) is 2. The van der Waals surface area contributed by atoms with Crippen molar-refractivity contribution < 1.29 is 9.90 Å². The molecule has 1 aromatic heterocycles. The van der Waals surface area contributed by atoms with E-state index in [9.17, 15) is 9.90 Å². The van der Waals surface area contributed by atoms with Crippen LogP contribution in [0.25, 0.3) is 10.9 Å². The van der Waals surface area contributed by atoms with Crippen molar-refractivity contribution in [3.8, 4) is 0 Å². The lowest BCUT2D eigenvalue weighted by atomic mass is 10.0. The van der Waals surface area contributed by atoms with Gasteiger partial charge in [0.2, 0.25) is 0 Å². The molecule has 106 valence electrons. The lowest BCUT2D eigenvalue weighted by Crippen LogP contribution is -2.34. The lowest BCUT2D eigenvalue weighted by molar-refractivity contribution is -0.138. The molecule has 0 radical (unpaired) electrons. The van der Waals surface area contributed by atoms with Crippen LogP contribution in [0.4, 0.5) is 5.82 Å². The van der Waals surface area contributed by atoms with Gasteiger partial charge in [-0.05, 0) is 30.0 Å². The molecule has 0 amide bonds. The van der Waals surface area contributed by atoms with Gasteiger partial charge in [0.05, 0.1) is 5.52 Å². The van der Waals surface area contributed by atoms with E-state index in [2.05, 4.69) is 22.2 Å². The Labute approximate surface area is 118 Å². The zero-order valence-electron chi connectivity index (χ0n) is 11.9. The summed E-state index contributed by atoms with van der Waals surface area (Å²) in [6, 6.07) is 5.30. The van der Waals surface area contributed by atoms with E-state index in [0.29, 0.717) is 5.82 Å². The molecular formula is C15H19N3O2. The number of nitrogens with zero attached hydrogens (tertiary/aromatic N) is 2. The van der Waals surface area contributed by atoms with E-state index in [0.717, 1.165) is 17.3 Å². The molecule has 1 heterocycles. The summed E-state index contributed by atoms with van der Waals surface area (Å²) in [7, 11) is 0. The van der Waals surface area contributed by atoms with Crippen molar-refractivity contribution in [3.05, 3.63) is 30.1 Å². The van der Waals surface area contributed by atoms with Crippen molar-refractivity contribution >= 4 is 22.7 Å². The highest BCUT2D eigenvalue weighted by molar-refractivity contribution is 5.91. The Hall–Kier alpha value is -2.17. The van der Waals surface area contributed by atoms with Crippen LogP contribution in [-0.2, 0) is 11.2 Å². The minimum atomic E-state index is -0.876. The van der Waals surface area contributed by atoms with Gasteiger partial charge in [0.15, 0.2) is 0 Å². The molecule has 5 nitrogen and oxygen atoms in total. The average Bonchev–Trinajstić information content (AvgIpc) is 2.43. The van der Waals surface area contributed by atoms with E-state index >= 15 is 0 Å². The fourth-order valence-corrected chi connectivity index (χ4v) is 2.10. The van der Waals surface area contributed by atoms with Crippen molar-refractivity contribution in [2.24, 2.45) is 5.92 Å². The number of fused-ring (bicyclic) bond motifs is 1. The Bertz CT molecular complexity index is 626. The molecule has 1 unspecified atom stereocenters. The molecule has 20 heavy (non-hydrogen) atoms. The molecular weight excluding hydrogens is 254 g/mol. The van der Waals surface area contributed by atoms with Gasteiger partial charge in [0.25, 0.3) is 0 Å². The predicted octanol–water partition coefficient (Wildman–Crippen LogP) is 2.71. The van der Waals surface area contributed by atoms with Crippen LogP contribution in [0.1, 0.15) is 26.3 Å². The summed E-state index contributed by atoms with van der Waals surface area (Å²) < 4.78 is 0. The quantitative estimate of drug-likeness (QED) is 0.876. The zero-order valence-corrected chi connectivity index (χ0v) is 11.9. The molecule has 1 atom stereocenters. The first-order chi connectivity index (χ1) is 9.52. The molecule has 0 aliphatic heterocycles. The molecule has 0 spiro atoms. The molecule has 0 aliphatic rings. The van der Waals surface area contributed by atoms with Crippen LogP contribution in [0.2, 0.25) is 0 Å². The highest BCUT2D eigenvalue weighted by Crippen LogP contribution is 2.22. The zero-order chi connectivity index (χ0) is 14.7. The van der Waals surface area contributed by atoms with Gasteiger partial charge >= 0.3 is 5.97 Å². The Morgan fingerprint density at radius 2 is 2.10 bits per heavy atom. The fourth-order valence-electron chi connectivity index (χ4n) is 2.10. The minimum absolute atomic E-state index is 0.0353. The molecule has 0 aliphatic carbocycles. The summed E-state index contributed by atoms with van der Waals surface area (Å²) in [6.07, 6.45) is 2.37. The largest absolute Gasteiger partial charge is 0.480 e. The van der Waals surface area contributed by atoms with Gasteiger partial charge in [0, 0.05) is 5.39 Å². The number of nitrogens with one attached hydrogen (secondary N) is 1.